The summed E-state index contributed by atoms with van der Waals surface area (Å²) in [6.45, 7) is 1.53. The third-order valence-electron chi connectivity index (χ3n) is 3.57. The summed E-state index contributed by atoms with van der Waals surface area (Å²) in [6, 6.07) is 0.469. The van der Waals surface area contributed by atoms with Gasteiger partial charge >= 0.3 is 12.0 Å². The number of urea groups is 1. The van der Waals surface area contributed by atoms with Crippen LogP contribution < -0.4 is 5.32 Å². The van der Waals surface area contributed by atoms with Gasteiger partial charge in [0.05, 0.1) is 0 Å². The van der Waals surface area contributed by atoms with Gasteiger partial charge in [-0.2, -0.15) is 0 Å². The van der Waals surface area contributed by atoms with E-state index in [0.717, 1.165) is 45.2 Å². The Hall–Kier alpha value is -1.26. The van der Waals surface area contributed by atoms with Crippen molar-refractivity contribution >= 4 is 12.0 Å². The number of nitrogens with zero attached hydrogens (tertiary/aromatic N) is 1. The molecule has 0 atom stereocenters. The predicted molar refractivity (Wildman–Crippen MR) is 62.7 cm³/mol. The van der Waals surface area contributed by atoms with E-state index in [1.54, 1.807) is 0 Å². The van der Waals surface area contributed by atoms with Gasteiger partial charge in [-0.15, -0.1) is 0 Å². The molecule has 0 aromatic heterocycles. The first-order chi connectivity index (χ1) is 8.15. The molecular formula is C12H20N2O3. The van der Waals surface area contributed by atoms with Crippen molar-refractivity contribution in [1.82, 2.24) is 10.2 Å². The predicted octanol–water partition coefficient (Wildman–Crippen LogP) is 1.44. The minimum Gasteiger partial charge on any atom is -0.481 e. The summed E-state index contributed by atoms with van der Waals surface area (Å²) >= 11 is 0. The first-order valence-corrected chi connectivity index (χ1v) is 6.42. The zero-order valence-electron chi connectivity index (χ0n) is 10.0. The second-order valence-corrected chi connectivity index (χ2v) is 5.09. The maximum Gasteiger partial charge on any atom is 0.317 e. The molecule has 1 aliphatic heterocycles. The molecule has 0 radical (unpaired) electrons. The lowest BCUT2D eigenvalue weighted by Crippen LogP contribution is -2.45. The molecule has 0 aromatic carbocycles. The highest BCUT2D eigenvalue weighted by Crippen LogP contribution is 2.23. The van der Waals surface area contributed by atoms with Crippen LogP contribution in [0, 0.1) is 5.92 Å². The van der Waals surface area contributed by atoms with Crippen molar-refractivity contribution in [3.05, 3.63) is 0 Å². The molecular weight excluding hydrogens is 220 g/mol. The fourth-order valence-corrected chi connectivity index (χ4v) is 2.25. The molecule has 5 nitrogen and oxygen atoms in total. The van der Waals surface area contributed by atoms with Gasteiger partial charge in [-0.3, -0.25) is 4.79 Å². The fourth-order valence-electron chi connectivity index (χ4n) is 2.25. The van der Waals surface area contributed by atoms with Crippen molar-refractivity contribution in [2.75, 3.05) is 13.1 Å². The number of likely N-dealkylation sites (tertiary alicyclic amines) is 1. The number of carboxylic acid groups (broad SMARTS) is 1. The van der Waals surface area contributed by atoms with Gasteiger partial charge in [0.15, 0.2) is 0 Å². The quantitative estimate of drug-likeness (QED) is 0.781. The summed E-state index contributed by atoms with van der Waals surface area (Å²) in [5.41, 5.74) is 0. The minimum absolute atomic E-state index is 0.0594. The Kier molecular flexibility index (Phi) is 3.86. The molecule has 2 N–H and O–H groups in total. The summed E-state index contributed by atoms with van der Waals surface area (Å²) in [5, 5.41) is 11.6. The smallest absolute Gasteiger partial charge is 0.317 e. The highest BCUT2D eigenvalue weighted by molar-refractivity contribution is 5.75. The number of aliphatic carboxylic acids is 1. The molecule has 0 unspecified atom stereocenters. The van der Waals surface area contributed by atoms with Crippen molar-refractivity contribution < 1.29 is 14.7 Å². The third-order valence-corrected chi connectivity index (χ3v) is 3.57. The van der Waals surface area contributed by atoms with Gasteiger partial charge in [0.2, 0.25) is 0 Å². The molecule has 0 spiro atoms. The fraction of sp³-hybridized carbons (Fsp3) is 0.833. The summed E-state index contributed by atoms with van der Waals surface area (Å²) in [7, 11) is 0. The average Bonchev–Trinajstić information content (AvgIpc) is 3.11. The van der Waals surface area contributed by atoms with Crippen molar-refractivity contribution in [2.24, 2.45) is 5.92 Å². The topological polar surface area (TPSA) is 69.6 Å². The maximum absolute atomic E-state index is 11.7. The first kappa shape index (κ1) is 12.2. The van der Waals surface area contributed by atoms with Crippen LogP contribution >= 0.6 is 0 Å². The van der Waals surface area contributed by atoms with Gasteiger partial charge in [-0.05, 0) is 38.0 Å². The van der Waals surface area contributed by atoms with E-state index in [0.29, 0.717) is 12.0 Å². The zero-order valence-corrected chi connectivity index (χ0v) is 10.0. The molecule has 1 saturated carbocycles. The van der Waals surface area contributed by atoms with Crippen molar-refractivity contribution in [2.45, 2.75) is 44.6 Å². The summed E-state index contributed by atoms with van der Waals surface area (Å²) in [5.74, 6) is -0.255. The Labute approximate surface area is 101 Å². The largest absolute Gasteiger partial charge is 0.481 e. The molecule has 2 aliphatic rings. The highest BCUT2D eigenvalue weighted by atomic mass is 16.4. The summed E-state index contributed by atoms with van der Waals surface area (Å²) in [6.07, 6.45) is 5.09. The molecule has 2 fully saturated rings. The number of carboxylic acids is 1. The first-order valence-electron chi connectivity index (χ1n) is 6.42. The van der Waals surface area contributed by atoms with Gasteiger partial charge in [0.25, 0.3) is 0 Å². The van der Waals surface area contributed by atoms with Gasteiger partial charge in [-0.1, -0.05) is 0 Å². The second-order valence-electron chi connectivity index (χ2n) is 5.09. The highest BCUT2D eigenvalue weighted by Gasteiger charge is 2.28. The van der Waals surface area contributed by atoms with Crippen LogP contribution in [0.1, 0.15) is 38.5 Å². The van der Waals surface area contributed by atoms with Crippen LogP contribution in [0.4, 0.5) is 4.79 Å². The molecule has 1 saturated heterocycles. The Morgan fingerprint density at radius 1 is 1.18 bits per heavy atom. The Balaban J connectivity index is 1.66. The van der Waals surface area contributed by atoms with E-state index in [2.05, 4.69) is 5.32 Å². The Morgan fingerprint density at radius 3 is 2.35 bits per heavy atom. The lowest BCUT2D eigenvalue weighted by Gasteiger charge is -2.31. The number of hydrogen-bond donors (Lipinski definition) is 2. The maximum atomic E-state index is 11.7. The Morgan fingerprint density at radius 2 is 1.82 bits per heavy atom. The van der Waals surface area contributed by atoms with E-state index in [4.69, 9.17) is 5.11 Å². The number of hydrogen-bond acceptors (Lipinski definition) is 2. The van der Waals surface area contributed by atoms with Crippen LogP contribution in [0.15, 0.2) is 0 Å². The van der Waals surface area contributed by atoms with Crippen LogP contribution in [-0.4, -0.2) is 41.1 Å². The number of amides is 2. The molecule has 2 rings (SSSR count). The average molecular weight is 240 g/mol. The lowest BCUT2D eigenvalue weighted by molar-refractivity contribution is -0.137. The van der Waals surface area contributed by atoms with E-state index >= 15 is 0 Å². The number of piperidine rings is 1. The van der Waals surface area contributed by atoms with E-state index < -0.39 is 5.97 Å². The van der Waals surface area contributed by atoms with Crippen molar-refractivity contribution in [3.63, 3.8) is 0 Å². The molecule has 0 aromatic rings. The van der Waals surface area contributed by atoms with Crippen molar-refractivity contribution in [1.29, 1.82) is 0 Å². The third kappa shape index (κ3) is 3.91. The lowest BCUT2D eigenvalue weighted by atomic mass is 9.92. The van der Waals surface area contributed by atoms with E-state index in [9.17, 15) is 9.59 Å². The summed E-state index contributed by atoms with van der Waals surface area (Å²) in [4.78, 5) is 24.1. The normalized spacial score (nSPS) is 21.3. The van der Waals surface area contributed by atoms with Gasteiger partial charge < -0.3 is 15.3 Å². The number of rotatable bonds is 4. The van der Waals surface area contributed by atoms with Crippen LogP contribution in [-0.2, 0) is 4.79 Å². The molecule has 0 bridgehead atoms. The number of carbonyl (C=O) groups is 2. The van der Waals surface area contributed by atoms with Gasteiger partial charge in [0, 0.05) is 25.6 Å². The van der Waals surface area contributed by atoms with Crippen LogP contribution in [0.2, 0.25) is 0 Å². The van der Waals surface area contributed by atoms with Crippen molar-refractivity contribution in [3.8, 4) is 0 Å². The molecule has 96 valence electrons. The molecule has 5 heteroatoms. The monoisotopic (exact) mass is 240 g/mol. The molecule has 1 heterocycles. The minimum atomic E-state index is -0.723. The van der Waals surface area contributed by atoms with E-state index in [-0.39, 0.29) is 12.5 Å². The van der Waals surface area contributed by atoms with Crippen LogP contribution in [0.5, 0.6) is 0 Å². The number of carbonyl (C=O) groups excluding carboxylic acids is 1. The molecule has 2 amide bonds. The molecule has 1 aliphatic carbocycles. The van der Waals surface area contributed by atoms with Crippen LogP contribution in [0.25, 0.3) is 0 Å². The summed E-state index contributed by atoms with van der Waals surface area (Å²) < 4.78 is 0. The molecule has 17 heavy (non-hydrogen) atoms. The SMILES string of the molecule is O=C(O)CCC1CCN(C(=O)NC2CC2)CC1. The number of nitrogens with one attached hydrogen (secondary N) is 1. The van der Waals surface area contributed by atoms with Gasteiger partial charge in [-0.25, -0.2) is 4.79 Å². The van der Waals surface area contributed by atoms with Crippen LogP contribution in [0.3, 0.4) is 0 Å². The Bertz CT molecular complexity index is 294. The van der Waals surface area contributed by atoms with Gasteiger partial charge in [0.1, 0.15) is 0 Å². The second kappa shape index (κ2) is 5.38. The standard InChI is InChI=1S/C12H20N2O3/c15-11(16)4-1-9-5-7-14(8-6-9)12(17)13-10-2-3-10/h9-10H,1-8H2,(H,13,17)(H,15,16). The van der Waals surface area contributed by atoms with E-state index in [1.165, 1.54) is 0 Å². The van der Waals surface area contributed by atoms with E-state index in [1.807, 2.05) is 4.90 Å². The zero-order chi connectivity index (χ0) is 12.3.